The number of amides is 3. The van der Waals surface area contributed by atoms with E-state index in [-0.39, 0.29) is 38.1 Å². The van der Waals surface area contributed by atoms with E-state index in [9.17, 15) is 24.3 Å². The highest BCUT2D eigenvalue weighted by molar-refractivity contribution is 5.96. The van der Waals surface area contributed by atoms with E-state index in [4.69, 9.17) is 30.5 Å². The standard InChI is InChI=1S/C34H47N7O9/c1-40(15-13-37-30(45)21(4-3-12-38-31(35)36)39-25(42)17-26(43)44)32(46)49-23-9-10-34(47)24-16-20-7-8-22(48-2)28-27(20)33(34,29(23)50-28)11-14-41(24)18-19-5-6-19/h7-9,19,21,24,29,47H,3-6,10-18H2,1-2H3,(H,37,45)(H,39,42)(H,43,44)(H4,35,36,38)/t21-,24-,29+,33+,34-/m1/s1. The van der Waals surface area contributed by atoms with Crippen LogP contribution in [-0.4, -0.2) is 121 Å². The molecule has 3 aliphatic carbocycles. The summed E-state index contributed by atoms with van der Waals surface area (Å²) in [6, 6.07) is 2.83. The number of methoxy groups -OCH3 is 1. The van der Waals surface area contributed by atoms with E-state index in [1.807, 2.05) is 6.07 Å². The molecule has 0 unspecified atom stereocenters. The second-order valence-corrected chi connectivity index (χ2v) is 14.0. The SMILES string of the molecule is COc1ccc2c3c1O[C@H]1C(OC(=O)N(C)CCNC(=O)[C@@H](CCCNC(=N)N)NC(=O)CC(=O)O)=CC[C@@]4(O)[C@@H](C2)N(CC2CC2)CC[C@]314. The highest BCUT2D eigenvalue weighted by Crippen LogP contribution is 2.65. The summed E-state index contributed by atoms with van der Waals surface area (Å²) in [5, 5.41) is 36.6. The highest BCUT2D eigenvalue weighted by Gasteiger charge is 2.72. The third-order valence-electron chi connectivity index (χ3n) is 10.8. The van der Waals surface area contributed by atoms with Crippen LogP contribution < -0.4 is 31.2 Å². The van der Waals surface area contributed by atoms with Gasteiger partial charge in [-0.2, -0.15) is 0 Å². The molecule has 1 saturated carbocycles. The molecule has 5 atom stereocenters. The average Bonchev–Trinajstić information content (AvgIpc) is 3.81. The minimum Gasteiger partial charge on any atom is -0.493 e. The molecule has 2 fully saturated rings. The van der Waals surface area contributed by atoms with Gasteiger partial charge in [-0.3, -0.25) is 24.7 Å². The molecule has 50 heavy (non-hydrogen) atoms. The monoisotopic (exact) mass is 697 g/mol. The number of carbonyl (C=O) groups excluding carboxylic acids is 3. The molecule has 6 rings (SSSR count). The molecule has 3 amide bonds. The molecular weight excluding hydrogens is 650 g/mol. The lowest BCUT2D eigenvalue weighted by molar-refractivity contribution is -0.169. The van der Waals surface area contributed by atoms with Gasteiger partial charge >= 0.3 is 12.1 Å². The number of carbonyl (C=O) groups is 4. The summed E-state index contributed by atoms with van der Waals surface area (Å²) in [4.78, 5) is 53.2. The summed E-state index contributed by atoms with van der Waals surface area (Å²) in [7, 11) is 3.12. The first-order chi connectivity index (χ1) is 23.9. The lowest BCUT2D eigenvalue weighted by Gasteiger charge is -2.62. The van der Waals surface area contributed by atoms with Crippen molar-refractivity contribution in [3.8, 4) is 11.5 Å². The largest absolute Gasteiger partial charge is 0.493 e. The van der Waals surface area contributed by atoms with Crippen molar-refractivity contribution in [1.29, 1.82) is 5.41 Å². The van der Waals surface area contributed by atoms with Gasteiger partial charge in [0, 0.05) is 51.3 Å². The Balaban J connectivity index is 1.11. The van der Waals surface area contributed by atoms with Crippen molar-refractivity contribution in [1.82, 2.24) is 25.8 Å². The second-order valence-electron chi connectivity index (χ2n) is 14.0. The summed E-state index contributed by atoms with van der Waals surface area (Å²) >= 11 is 0. The molecule has 1 saturated heterocycles. The van der Waals surface area contributed by atoms with Gasteiger partial charge in [-0.1, -0.05) is 6.07 Å². The minimum atomic E-state index is -1.33. The van der Waals surface area contributed by atoms with Crippen molar-refractivity contribution in [2.45, 2.75) is 80.6 Å². The maximum atomic E-state index is 13.4. The van der Waals surface area contributed by atoms with Crippen molar-refractivity contribution in [3.05, 3.63) is 35.1 Å². The number of ether oxygens (including phenoxy) is 3. The van der Waals surface area contributed by atoms with Crippen LogP contribution in [0.3, 0.4) is 0 Å². The number of guanidine groups is 1. The van der Waals surface area contributed by atoms with E-state index >= 15 is 0 Å². The zero-order valence-electron chi connectivity index (χ0n) is 28.5. The molecule has 272 valence electrons. The number of benzene rings is 1. The number of aliphatic hydroxyl groups is 1. The Bertz CT molecular complexity index is 1580. The summed E-state index contributed by atoms with van der Waals surface area (Å²) in [5.74, 6) is -0.774. The molecule has 8 N–H and O–H groups in total. The molecule has 0 radical (unpaired) electrons. The van der Waals surface area contributed by atoms with Crippen LogP contribution >= 0.6 is 0 Å². The van der Waals surface area contributed by atoms with Crippen molar-refractivity contribution >= 4 is 29.8 Å². The van der Waals surface area contributed by atoms with Gasteiger partial charge in [0.1, 0.15) is 18.2 Å². The fourth-order valence-electron chi connectivity index (χ4n) is 8.24. The molecule has 2 heterocycles. The fraction of sp³-hybridized carbons (Fsp3) is 0.618. The Hall–Kier alpha value is -4.57. The molecule has 0 aromatic heterocycles. The van der Waals surface area contributed by atoms with E-state index in [1.54, 1.807) is 13.2 Å². The zero-order valence-corrected chi connectivity index (χ0v) is 28.5. The normalized spacial score (nSPS) is 26.3. The molecule has 5 aliphatic rings. The summed E-state index contributed by atoms with van der Waals surface area (Å²) in [5.41, 5.74) is 5.42. The van der Waals surface area contributed by atoms with Crippen LogP contribution in [0, 0.1) is 11.3 Å². The Labute approximate surface area is 290 Å². The van der Waals surface area contributed by atoms with Crippen LogP contribution in [0.15, 0.2) is 24.0 Å². The smallest absolute Gasteiger partial charge is 0.414 e. The summed E-state index contributed by atoms with van der Waals surface area (Å²) < 4.78 is 18.3. The first-order valence-electron chi connectivity index (χ1n) is 17.2. The van der Waals surface area contributed by atoms with E-state index in [1.165, 1.54) is 24.8 Å². The number of hydrogen-bond acceptors (Lipinski definition) is 10. The van der Waals surface area contributed by atoms with E-state index in [0.29, 0.717) is 48.9 Å². The van der Waals surface area contributed by atoms with Gasteiger partial charge in [-0.15, -0.1) is 0 Å². The van der Waals surface area contributed by atoms with Gasteiger partial charge in [-0.05, 0) is 68.7 Å². The van der Waals surface area contributed by atoms with Crippen LogP contribution in [-0.2, 0) is 31.0 Å². The number of carboxylic acid groups (broad SMARTS) is 1. The Morgan fingerprint density at radius 2 is 2.00 bits per heavy atom. The quantitative estimate of drug-likeness (QED) is 0.0563. The van der Waals surface area contributed by atoms with Gasteiger partial charge in [0.15, 0.2) is 23.6 Å². The maximum Gasteiger partial charge on any atom is 0.414 e. The van der Waals surface area contributed by atoms with Gasteiger partial charge in [-0.25, -0.2) is 4.79 Å². The van der Waals surface area contributed by atoms with Gasteiger partial charge in [0.2, 0.25) is 11.8 Å². The number of aliphatic carboxylic acids is 1. The molecule has 16 heteroatoms. The average molecular weight is 698 g/mol. The molecule has 2 bridgehead atoms. The van der Waals surface area contributed by atoms with Crippen molar-refractivity contribution in [2.75, 3.05) is 46.9 Å². The number of likely N-dealkylation sites (N-methyl/N-ethyl adjacent to an activating group) is 1. The predicted molar refractivity (Wildman–Crippen MR) is 179 cm³/mol. The Kier molecular flexibility index (Phi) is 9.86. The van der Waals surface area contributed by atoms with E-state index in [0.717, 1.165) is 24.2 Å². The molecule has 1 spiro atoms. The fourth-order valence-corrected chi connectivity index (χ4v) is 8.24. The first-order valence-corrected chi connectivity index (χ1v) is 17.2. The lowest BCUT2D eigenvalue weighted by atomic mass is 9.50. The third kappa shape index (κ3) is 6.53. The number of nitrogens with two attached hydrogens (primary N) is 1. The Morgan fingerprint density at radius 1 is 1.22 bits per heavy atom. The topological polar surface area (TPSA) is 229 Å². The van der Waals surface area contributed by atoms with Crippen LogP contribution in [0.2, 0.25) is 0 Å². The highest BCUT2D eigenvalue weighted by atomic mass is 16.6. The summed E-state index contributed by atoms with van der Waals surface area (Å²) in [6.07, 6.45) is 4.18. The Morgan fingerprint density at radius 3 is 2.70 bits per heavy atom. The van der Waals surface area contributed by atoms with Crippen LogP contribution in [0.1, 0.15) is 56.1 Å². The first kappa shape index (κ1) is 35.3. The number of piperidine rings is 1. The third-order valence-corrected chi connectivity index (χ3v) is 10.8. The number of carboxylic acids is 1. The van der Waals surface area contributed by atoms with Crippen molar-refractivity contribution in [2.24, 2.45) is 11.7 Å². The van der Waals surface area contributed by atoms with Gasteiger partial charge < -0.3 is 51.0 Å². The number of rotatable bonds is 15. The minimum absolute atomic E-state index is 0.0224. The van der Waals surface area contributed by atoms with E-state index in [2.05, 4.69) is 26.9 Å². The number of hydrogen-bond donors (Lipinski definition) is 7. The maximum absolute atomic E-state index is 13.4. The van der Waals surface area contributed by atoms with Crippen LogP contribution in [0.4, 0.5) is 4.79 Å². The van der Waals surface area contributed by atoms with Crippen LogP contribution in [0.5, 0.6) is 11.5 Å². The van der Waals surface area contributed by atoms with Crippen LogP contribution in [0.25, 0.3) is 0 Å². The van der Waals surface area contributed by atoms with E-state index < -0.39 is 53.5 Å². The molecule has 2 aliphatic heterocycles. The molecule has 16 nitrogen and oxygen atoms in total. The second kappa shape index (κ2) is 14.0. The zero-order chi connectivity index (χ0) is 35.8. The lowest BCUT2D eigenvalue weighted by Crippen LogP contribution is -2.75. The van der Waals surface area contributed by atoms with Crippen molar-refractivity contribution in [3.63, 3.8) is 0 Å². The molecule has 1 aromatic rings. The molecular formula is C34H47N7O9. The summed E-state index contributed by atoms with van der Waals surface area (Å²) in [6.45, 7) is 2.13. The number of nitrogens with zero attached hydrogens (tertiary/aromatic N) is 2. The van der Waals surface area contributed by atoms with Crippen molar-refractivity contribution < 1.29 is 43.6 Å². The van der Waals surface area contributed by atoms with Gasteiger partial charge in [0.05, 0.1) is 18.1 Å². The van der Waals surface area contributed by atoms with Gasteiger partial charge in [0.25, 0.3) is 0 Å². The number of nitrogens with one attached hydrogen (secondary N) is 4. The molecule has 1 aromatic carbocycles. The number of likely N-dealkylation sites (tertiary alicyclic amines) is 1. The predicted octanol–water partition coefficient (Wildman–Crippen LogP) is 0.160.